The second kappa shape index (κ2) is 7.22. The van der Waals surface area contributed by atoms with Crippen molar-refractivity contribution in [2.24, 2.45) is 0 Å². The maximum atomic E-state index is 13.1. The zero-order valence-corrected chi connectivity index (χ0v) is 12.7. The summed E-state index contributed by atoms with van der Waals surface area (Å²) in [6, 6.07) is 10.00. The van der Waals surface area contributed by atoms with Crippen LogP contribution in [0.4, 0.5) is 13.6 Å². The van der Waals surface area contributed by atoms with Crippen molar-refractivity contribution in [2.45, 2.75) is 13.1 Å². The monoisotopic (exact) mass is 324 g/mol. The van der Waals surface area contributed by atoms with Crippen LogP contribution in [0.5, 0.6) is 0 Å². The van der Waals surface area contributed by atoms with Crippen LogP contribution in [0.15, 0.2) is 42.5 Å². The number of benzene rings is 2. The highest BCUT2D eigenvalue weighted by atomic mass is 35.5. The van der Waals surface area contributed by atoms with Crippen LogP contribution in [-0.4, -0.2) is 18.0 Å². The van der Waals surface area contributed by atoms with Gasteiger partial charge >= 0.3 is 6.03 Å². The lowest BCUT2D eigenvalue weighted by Gasteiger charge is -2.18. The van der Waals surface area contributed by atoms with E-state index in [1.165, 1.54) is 17.0 Å². The van der Waals surface area contributed by atoms with Crippen molar-refractivity contribution < 1.29 is 13.6 Å². The van der Waals surface area contributed by atoms with Crippen molar-refractivity contribution in [3.05, 3.63) is 70.2 Å². The number of nitrogens with one attached hydrogen (secondary N) is 1. The standard InChI is InChI=1S/C16H15ClF2N2O/c1-21(10-11-3-2-4-13(17)5-11)16(22)20-9-12-6-14(18)8-15(19)7-12/h2-8H,9-10H2,1H3,(H,20,22). The zero-order valence-electron chi connectivity index (χ0n) is 11.9. The van der Waals surface area contributed by atoms with Crippen molar-refractivity contribution >= 4 is 17.6 Å². The van der Waals surface area contributed by atoms with Crippen LogP contribution in [0, 0.1) is 11.6 Å². The number of hydrogen-bond donors (Lipinski definition) is 1. The number of carbonyl (C=O) groups excluding carboxylic acids is 1. The number of hydrogen-bond acceptors (Lipinski definition) is 1. The Morgan fingerprint density at radius 3 is 2.45 bits per heavy atom. The molecular weight excluding hydrogens is 310 g/mol. The van der Waals surface area contributed by atoms with Gasteiger partial charge in [0.15, 0.2) is 0 Å². The fourth-order valence-electron chi connectivity index (χ4n) is 2.01. The van der Waals surface area contributed by atoms with Gasteiger partial charge in [0.25, 0.3) is 0 Å². The summed E-state index contributed by atoms with van der Waals surface area (Å²) in [5.41, 5.74) is 1.25. The molecule has 0 heterocycles. The van der Waals surface area contributed by atoms with Gasteiger partial charge in [-0.3, -0.25) is 0 Å². The second-order valence-electron chi connectivity index (χ2n) is 4.92. The van der Waals surface area contributed by atoms with Crippen molar-refractivity contribution in [1.82, 2.24) is 10.2 Å². The van der Waals surface area contributed by atoms with Crippen LogP contribution in [0.1, 0.15) is 11.1 Å². The normalized spacial score (nSPS) is 10.4. The van der Waals surface area contributed by atoms with Crippen LogP contribution in [-0.2, 0) is 13.1 Å². The summed E-state index contributed by atoms with van der Waals surface area (Å²) in [6.45, 7) is 0.428. The van der Waals surface area contributed by atoms with E-state index in [1.54, 1.807) is 25.2 Å². The molecule has 0 unspecified atom stereocenters. The van der Waals surface area contributed by atoms with Gasteiger partial charge in [-0.1, -0.05) is 23.7 Å². The first-order valence-corrected chi connectivity index (χ1v) is 7.00. The lowest BCUT2D eigenvalue weighted by Crippen LogP contribution is -2.36. The Kier molecular flexibility index (Phi) is 5.33. The molecule has 2 aromatic carbocycles. The minimum absolute atomic E-state index is 0.0490. The Labute approximate surface area is 132 Å². The summed E-state index contributed by atoms with van der Waals surface area (Å²) in [7, 11) is 1.63. The number of urea groups is 1. The van der Waals surface area contributed by atoms with Gasteiger partial charge in [0.05, 0.1) is 0 Å². The minimum Gasteiger partial charge on any atom is -0.334 e. The molecule has 0 spiro atoms. The van der Waals surface area contributed by atoms with Gasteiger partial charge in [0, 0.05) is 31.2 Å². The molecule has 3 nitrogen and oxygen atoms in total. The Hall–Kier alpha value is -2.14. The quantitative estimate of drug-likeness (QED) is 0.907. The first-order valence-electron chi connectivity index (χ1n) is 6.62. The molecule has 0 radical (unpaired) electrons. The van der Waals surface area contributed by atoms with Crippen LogP contribution in [0.2, 0.25) is 5.02 Å². The van der Waals surface area contributed by atoms with Crippen LogP contribution in [0.25, 0.3) is 0 Å². The fraction of sp³-hybridized carbons (Fsp3) is 0.188. The SMILES string of the molecule is CN(Cc1cccc(Cl)c1)C(=O)NCc1cc(F)cc(F)c1. The minimum atomic E-state index is -0.670. The maximum absolute atomic E-state index is 13.1. The third kappa shape index (κ3) is 4.70. The molecule has 0 aromatic heterocycles. The van der Waals surface area contributed by atoms with E-state index in [-0.39, 0.29) is 12.6 Å². The molecule has 22 heavy (non-hydrogen) atoms. The second-order valence-corrected chi connectivity index (χ2v) is 5.36. The van der Waals surface area contributed by atoms with Crippen molar-refractivity contribution in [2.75, 3.05) is 7.05 Å². The average molecular weight is 325 g/mol. The van der Waals surface area contributed by atoms with E-state index >= 15 is 0 Å². The third-order valence-corrected chi connectivity index (χ3v) is 3.26. The first kappa shape index (κ1) is 16.2. The molecule has 1 N–H and O–H groups in total. The maximum Gasteiger partial charge on any atom is 0.317 e. The molecule has 0 fully saturated rings. The molecule has 116 valence electrons. The number of halogens is 3. The Morgan fingerprint density at radius 1 is 1.14 bits per heavy atom. The predicted octanol–water partition coefficient (Wildman–Crippen LogP) is 3.96. The summed E-state index contributed by atoms with van der Waals surface area (Å²) in [5, 5.41) is 3.21. The van der Waals surface area contributed by atoms with E-state index in [0.717, 1.165) is 11.6 Å². The highest BCUT2D eigenvalue weighted by molar-refractivity contribution is 6.30. The molecule has 0 bridgehead atoms. The third-order valence-electron chi connectivity index (χ3n) is 3.02. The van der Waals surface area contributed by atoms with E-state index in [4.69, 9.17) is 11.6 Å². The van der Waals surface area contributed by atoms with E-state index in [2.05, 4.69) is 5.32 Å². The fourth-order valence-corrected chi connectivity index (χ4v) is 2.22. The predicted molar refractivity (Wildman–Crippen MR) is 81.5 cm³/mol. The van der Waals surface area contributed by atoms with Crippen LogP contribution < -0.4 is 5.32 Å². The van der Waals surface area contributed by atoms with Gasteiger partial charge < -0.3 is 10.2 Å². The average Bonchev–Trinajstić information content (AvgIpc) is 2.43. The topological polar surface area (TPSA) is 32.3 Å². The molecule has 2 amide bonds. The molecule has 0 saturated heterocycles. The highest BCUT2D eigenvalue weighted by Gasteiger charge is 2.09. The first-order chi connectivity index (χ1) is 10.4. The summed E-state index contributed by atoms with van der Waals surface area (Å²) in [6.07, 6.45) is 0. The van der Waals surface area contributed by atoms with Gasteiger partial charge in [0.1, 0.15) is 11.6 Å². The number of carbonyl (C=O) groups is 1. The lowest BCUT2D eigenvalue weighted by atomic mass is 10.2. The molecule has 0 saturated carbocycles. The number of amides is 2. The van der Waals surface area contributed by atoms with Gasteiger partial charge in [0.2, 0.25) is 0 Å². The Bertz CT molecular complexity index is 659. The number of rotatable bonds is 4. The van der Waals surface area contributed by atoms with Gasteiger partial charge in [-0.05, 0) is 35.4 Å². The molecule has 6 heteroatoms. The van der Waals surface area contributed by atoms with Crippen LogP contribution >= 0.6 is 11.6 Å². The lowest BCUT2D eigenvalue weighted by molar-refractivity contribution is 0.206. The summed E-state index contributed by atoms with van der Waals surface area (Å²) < 4.78 is 26.1. The molecular formula is C16H15ClF2N2O. The van der Waals surface area contributed by atoms with Crippen LogP contribution in [0.3, 0.4) is 0 Å². The van der Waals surface area contributed by atoms with E-state index in [1.807, 2.05) is 6.07 Å². The Balaban J connectivity index is 1.91. The molecule has 0 aliphatic heterocycles. The van der Waals surface area contributed by atoms with Crippen molar-refractivity contribution in [1.29, 1.82) is 0 Å². The number of nitrogens with zero attached hydrogens (tertiary/aromatic N) is 1. The van der Waals surface area contributed by atoms with E-state index in [9.17, 15) is 13.6 Å². The smallest absolute Gasteiger partial charge is 0.317 e. The van der Waals surface area contributed by atoms with Gasteiger partial charge in [-0.2, -0.15) is 0 Å². The molecule has 0 atom stereocenters. The van der Waals surface area contributed by atoms with Gasteiger partial charge in [-0.25, -0.2) is 13.6 Å². The highest BCUT2D eigenvalue weighted by Crippen LogP contribution is 2.12. The Morgan fingerprint density at radius 2 is 1.82 bits per heavy atom. The molecule has 2 aromatic rings. The molecule has 2 rings (SSSR count). The summed E-state index contributed by atoms with van der Waals surface area (Å²) >= 11 is 5.89. The summed E-state index contributed by atoms with van der Waals surface area (Å²) in [5.74, 6) is -1.34. The molecule has 0 aliphatic carbocycles. The molecule has 0 aliphatic rings. The summed E-state index contributed by atoms with van der Waals surface area (Å²) in [4.78, 5) is 13.4. The van der Waals surface area contributed by atoms with Gasteiger partial charge in [-0.15, -0.1) is 0 Å². The largest absolute Gasteiger partial charge is 0.334 e. The van der Waals surface area contributed by atoms with E-state index < -0.39 is 11.6 Å². The van der Waals surface area contributed by atoms with Crippen molar-refractivity contribution in [3.8, 4) is 0 Å². The van der Waals surface area contributed by atoms with Crippen molar-refractivity contribution in [3.63, 3.8) is 0 Å². The van der Waals surface area contributed by atoms with E-state index in [0.29, 0.717) is 17.1 Å². The zero-order chi connectivity index (χ0) is 16.1.